The molecular weight excluding hydrogens is 418 g/mol. The Morgan fingerprint density at radius 1 is 1.24 bits per heavy atom. The van der Waals surface area contributed by atoms with Gasteiger partial charge in [-0.3, -0.25) is 0 Å². The van der Waals surface area contributed by atoms with Crippen molar-refractivity contribution in [1.82, 2.24) is 5.32 Å². The Labute approximate surface area is 145 Å². The molecule has 0 aromatic heterocycles. The van der Waals surface area contributed by atoms with Gasteiger partial charge in [0.1, 0.15) is 9.84 Å². The summed E-state index contributed by atoms with van der Waals surface area (Å²) in [6.45, 7) is 4.75. The summed E-state index contributed by atoms with van der Waals surface area (Å²) in [6.07, 6.45) is 2.55. The number of nitrogens with one attached hydrogen (secondary N) is 1. The van der Waals surface area contributed by atoms with E-state index in [4.69, 9.17) is 0 Å². The lowest BCUT2D eigenvalue weighted by molar-refractivity contribution is 0.490. The molecule has 1 unspecified atom stereocenters. The number of halogens is 2. The zero-order chi connectivity index (χ0) is 15.9. The highest BCUT2D eigenvalue weighted by molar-refractivity contribution is 9.11. The highest BCUT2D eigenvalue weighted by Gasteiger charge is 2.16. The molecule has 0 aliphatic carbocycles. The fourth-order valence-electron chi connectivity index (χ4n) is 2.12. The van der Waals surface area contributed by atoms with Gasteiger partial charge in [0.05, 0.1) is 5.75 Å². The van der Waals surface area contributed by atoms with Gasteiger partial charge in [0.25, 0.3) is 0 Å². The van der Waals surface area contributed by atoms with E-state index >= 15 is 0 Å². The molecule has 0 bridgehead atoms. The summed E-state index contributed by atoms with van der Waals surface area (Å²) < 4.78 is 25.3. The van der Waals surface area contributed by atoms with Crippen LogP contribution in [-0.4, -0.2) is 26.5 Å². The minimum Gasteiger partial charge on any atom is -0.310 e. The first-order valence-electron chi connectivity index (χ1n) is 7.28. The molecule has 0 amide bonds. The van der Waals surface area contributed by atoms with Crippen LogP contribution in [0, 0.1) is 0 Å². The molecule has 1 aromatic rings. The highest BCUT2D eigenvalue weighted by atomic mass is 79.9. The van der Waals surface area contributed by atoms with Crippen LogP contribution in [0.25, 0.3) is 0 Å². The Hall–Kier alpha value is 0.0900. The molecule has 3 nitrogen and oxygen atoms in total. The van der Waals surface area contributed by atoms with Crippen LogP contribution < -0.4 is 5.32 Å². The topological polar surface area (TPSA) is 46.2 Å². The number of rotatable bonds is 9. The van der Waals surface area contributed by atoms with Crippen molar-refractivity contribution < 1.29 is 8.42 Å². The average Bonchev–Trinajstić information content (AvgIpc) is 2.43. The van der Waals surface area contributed by atoms with Crippen molar-refractivity contribution in [2.75, 3.05) is 18.1 Å². The van der Waals surface area contributed by atoms with Gasteiger partial charge >= 0.3 is 0 Å². The van der Waals surface area contributed by atoms with E-state index in [0.717, 1.165) is 28.3 Å². The van der Waals surface area contributed by atoms with Crippen molar-refractivity contribution in [2.24, 2.45) is 0 Å². The Morgan fingerprint density at radius 2 is 1.95 bits per heavy atom. The van der Waals surface area contributed by atoms with Crippen molar-refractivity contribution in [2.45, 2.75) is 39.2 Å². The second-order valence-corrected chi connectivity index (χ2v) is 9.29. The van der Waals surface area contributed by atoms with Crippen molar-refractivity contribution in [3.63, 3.8) is 0 Å². The molecule has 1 aromatic carbocycles. The van der Waals surface area contributed by atoms with Crippen molar-refractivity contribution in [1.29, 1.82) is 0 Å². The van der Waals surface area contributed by atoms with Gasteiger partial charge < -0.3 is 5.32 Å². The van der Waals surface area contributed by atoms with Crippen LogP contribution in [0.4, 0.5) is 0 Å². The Balaban J connectivity index is 2.76. The molecule has 0 heterocycles. The zero-order valence-electron chi connectivity index (χ0n) is 12.5. The van der Waals surface area contributed by atoms with E-state index in [-0.39, 0.29) is 17.5 Å². The zero-order valence-corrected chi connectivity index (χ0v) is 16.5. The van der Waals surface area contributed by atoms with Gasteiger partial charge in [-0.15, -0.1) is 0 Å². The van der Waals surface area contributed by atoms with Crippen LogP contribution in [0.3, 0.4) is 0 Å². The Kier molecular flexibility index (Phi) is 8.46. The van der Waals surface area contributed by atoms with Crippen LogP contribution in [0.5, 0.6) is 0 Å². The summed E-state index contributed by atoms with van der Waals surface area (Å²) in [6, 6.07) is 6.30. The van der Waals surface area contributed by atoms with Gasteiger partial charge in [0.2, 0.25) is 0 Å². The third-order valence-electron chi connectivity index (χ3n) is 3.37. The van der Waals surface area contributed by atoms with Crippen LogP contribution in [0.2, 0.25) is 0 Å². The van der Waals surface area contributed by atoms with E-state index in [9.17, 15) is 8.42 Å². The summed E-state index contributed by atoms with van der Waals surface area (Å²) in [4.78, 5) is 0. The van der Waals surface area contributed by atoms with Crippen LogP contribution in [0.15, 0.2) is 27.1 Å². The fraction of sp³-hybridized carbons (Fsp3) is 0.600. The maximum absolute atomic E-state index is 11.6. The summed E-state index contributed by atoms with van der Waals surface area (Å²) in [7, 11) is -2.88. The predicted octanol–water partition coefficient (Wildman–Crippen LogP) is 4.47. The molecule has 1 N–H and O–H groups in total. The molecule has 1 rings (SSSR count). The number of hydrogen-bond acceptors (Lipinski definition) is 3. The monoisotopic (exact) mass is 439 g/mol. The van der Waals surface area contributed by atoms with E-state index in [0.29, 0.717) is 6.42 Å². The van der Waals surface area contributed by atoms with Gasteiger partial charge in [0, 0.05) is 20.7 Å². The molecule has 0 spiro atoms. The summed E-state index contributed by atoms with van der Waals surface area (Å²) >= 11 is 7.05. The lowest BCUT2D eigenvalue weighted by Crippen LogP contribution is -2.23. The molecule has 21 heavy (non-hydrogen) atoms. The predicted molar refractivity (Wildman–Crippen MR) is 96.4 cm³/mol. The highest BCUT2D eigenvalue weighted by Crippen LogP contribution is 2.29. The largest absolute Gasteiger partial charge is 0.310 e. The molecule has 0 saturated carbocycles. The van der Waals surface area contributed by atoms with Crippen molar-refractivity contribution in [3.05, 3.63) is 32.7 Å². The molecule has 120 valence electrons. The normalized spacial score (nSPS) is 13.3. The second-order valence-electron chi connectivity index (χ2n) is 5.05. The van der Waals surface area contributed by atoms with Crippen LogP contribution >= 0.6 is 31.9 Å². The minimum absolute atomic E-state index is 0.180. The molecule has 6 heteroatoms. The molecular formula is C15H23Br2NO2S. The quantitative estimate of drug-likeness (QED) is 0.616. The first-order valence-corrected chi connectivity index (χ1v) is 10.7. The van der Waals surface area contributed by atoms with Gasteiger partial charge in [-0.1, -0.05) is 51.8 Å². The van der Waals surface area contributed by atoms with Crippen molar-refractivity contribution in [3.8, 4) is 0 Å². The molecule has 0 saturated heterocycles. The maximum Gasteiger partial charge on any atom is 0.150 e. The first kappa shape index (κ1) is 19.1. The first-order chi connectivity index (χ1) is 9.89. The van der Waals surface area contributed by atoms with E-state index in [2.05, 4.69) is 50.2 Å². The smallest absolute Gasteiger partial charge is 0.150 e. The van der Waals surface area contributed by atoms with E-state index < -0.39 is 9.84 Å². The average molecular weight is 441 g/mol. The molecule has 0 aliphatic rings. The van der Waals surface area contributed by atoms with E-state index in [1.54, 1.807) is 6.92 Å². The van der Waals surface area contributed by atoms with Gasteiger partial charge in [-0.05, 0) is 43.5 Å². The minimum atomic E-state index is -2.88. The van der Waals surface area contributed by atoms with E-state index in [1.165, 1.54) is 5.56 Å². The van der Waals surface area contributed by atoms with E-state index in [1.807, 2.05) is 12.1 Å². The third-order valence-corrected chi connectivity index (χ3v) is 6.34. The second kappa shape index (κ2) is 9.28. The van der Waals surface area contributed by atoms with Crippen molar-refractivity contribution >= 4 is 41.7 Å². The SMILES string of the molecule is CCCNC(CCCS(=O)(=O)CC)c1ccc(Br)cc1Br. The number of hydrogen-bond donors (Lipinski definition) is 1. The maximum atomic E-state index is 11.6. The van der Waals surface area contributed by atoms with Crippen LogP contribution in [0.1, 0.15) is 44.7 Å². The lowest BCUT2D eigenvalue weighted by atomic mass is 10.0. The fourth-order valence-corrected chi connectivity index (χ4v) is 4.34. The van der Waals surface area contributed by atoms with Gasteiger partial charge in [0.15, 0.2) is 0 Å². The summed E-state index contributed by atoms with van der Waals surface area (Å²) in [5.41, 5.74) is 1.18. The molecule has 0 aliphatic heterocycles. The molecule has 0 radical (unpaired) electrons. The molecule has 0 fully saturated rings. The number of sulfone groups is 1. The van der Waals surface area contributed by atoms with Gasteiger partial charge in [-0.25, -0.2) is 8.42 Å². The summed E-state index contributed by atoms with van der Waals surface area (Å²) in [5.74, 6) is 0.490. The van der Waals surface area contributed by atoms with Gasteiger partial charge in [-0.2, -0.15) is 0 Å². The standard InChI is InChI=1S/C15H23Br2NO2S/c1-3-9-18-15(6-5-10-21(19,20)4-2)13-8-7-12(16)11-14(13)17/h7-8,11,15,18H,3-6,9-10H2,1-2H3. The third kappa shape index (κ3) is 6.80. The molecule has 1 atom stereocenters. The Bertz CT molecular complexity index is 547. The Morgan fingerprint density at radius 3 is 2.52 bits per heavy atom. The number of benzene rings is 1. The summed E-state index contributed by atoms with van der Waals surface area (Å²) in [5, 5.41) is 3.51. The lowest BCUT2D eigenvalue weighted by Gasteiger charge is -2.20. The van der Waals surface area contributed by atoms with Crippen LogP contribution in [-0.2, 0) is 9.84 Å².